The average molecular weight is 332 g/mol. The fraction of sp³-hybridized carbons (Fsp3) is 0.684. The van der Waals surface area contributed by atoms with E-state index in [1.165, 1.54) is 31.2 Å². The SMILES string of the molecule is CCNC(=NCC1(CCOC)CCCC1)NCCc1cccnc1. The van der Waals surface area contributed by atoms with E-state index in [9.17, 15) is 0 Å². The molecule has 0 spiro atoms. The fourth-order valence-corrected chi connectivity index (χ4v) is 3.39. The number of rotatable bonds is 9. The number of aliphatic imine (C=N–C) groups is 1. The molecule has 0 bridgehead atoms. The van der Waals surface area contributed by atoms with Crippen LogP contribution >= 0.6 is 0 Å². The van der Waals surface area contributed by atoms with Crippen LogP contribution in [0.3, 0.4) is 0 Å². The molecule has 1 heterocycles. The molecule has 1 aliphatic carbocycles. The summed E-state index contributed by atoms with van der Waals surface area (Å²) in [7, 11) is 1.79. The average Bonchev–Trinajstić information content (AvgIpc) is 3.08. The smallest absolute Gasteiger partial charge is 0.191 e. The number of ether oxygens (including phenoxy) is 1. The van der Waals surface area contributed by atoms with E-state index in [2.05, 4.69) is 28.6 Å². The highest BCUT2D eigenvalue weighted by molar-refractivity contribution is 5.79. The minimum absolute atomic E-state index is 0.335. The molecule has 0 radical (unpaired) electrons. The topological polar surface area (TPSA) is 58.5 Å². The maximum absolute atomic E-state index is 5.31. The Bertz CT molecular complexity index is 483. The molecule has 0 unspecified atom stereocenters. The van der Waals surface area contributed by atoms with E-state index in [4.69, 9.17) is 9.73 Å². The number of hydrogen-bond acceptors (Lipinski definition) is 3. The minimum Gasteiger partial charge on any atom is -0.385 e. The highest BCUT2D eigenvalue weighted by atomic mass is 16.5. The molecular weight excluding hydrogens is 300 g/mol. The third-order valence-corrected chi connectivity index (χ3v) is 4.85. The van der Waals surface area contributed by atoms with Gasteiger partial charge in [-0.25, -0.2) is 0 Å². The Morgan fingerprint density at radius 2 is 2.17 bits per heavy atom. The summed E-state index contributed by atoms with van der Waals surface area (Å²) in [6, 6.07) is 4.09. The molecule has 2 rings (SSSR count). The maximum atomic E-state index is 5.31. The maximum Gasteiger partial charge on any atom is 0.191 e. The lowest BCUT2D eigenvalue weighted by Crippen LogP contribution is -2.39. The van der Waals surface area contributed by atoms with Crippen molar-refractivity contribution in [2.75, 3.05) is 33.4 Å². The number of aromatic nitrogens is 1. The largest absolute Gasteiger partial charge is 0.385 e. The molecule has 5 heteroatoms. The highest BCUT2D eigenvalue weighted by Gasteiger charge is 2.33. The van der Waals surface area contributed by atoms with Crippen LogP contribution in [-0.4, -0.2) is 44.3 Å². The number of pyridine rings is 1. The van der Waals surface area contributed by atoms with Gasteiger partial charge in [0.15, 0.2) is 5.96 Å². The summed E-state index contributed by atoms with van der Waals surface area (Å²) in [5, 5.41) is 6.80. The molecule has 134 valence electrons. The van der Waals surface area contributed by atoms with E-state index in [0.717, 1.165) is 45.0 Å². The molecule has 1 aromatic rings. The van der Waals surface area contributed by atoms with Gasteiger partial charge in [-0.1, -0.05) is 18.9 Å². The summed E-state index contributed by atoms with van der Waals surface area (Å²) in [5.41, 5.74) is 1.58. The number of methoxy groups -OCH3 is 1. The minimum atomic E-state index is 0.335. The molecular formula is C19H32N4O. The molecule has 0 saturated heterocycles. The van der Waals surface area contributed by atoms with Crippen molar-refractivity contribution in [2.45, 2.75) is 45.4 Å². The molecule has 1 aliphatic rings. The van der Waals surface area contributed by atoms with Crippen molar-refractivity contribution in [3.63, 3.8) is 0 Å². The summed E-state index contributed by atoms with van der Waals surface area (Å²) in [5.74, 6) is 0.921. The second-order valence-corrected chi connectivity index (χ2v) is 6.68. The standard InChI is InChI=1S/C19H32N4O/c1-3-21-18(22-13-8-17-7-6-12-20-15-17)23-16-19(11-14-24-2)9-4-5-10-19/h6-7,12,15H,3-5,8-11,13-14,16H2,1-2H3,(H2,21,22,23). The van der Waals surface area contributed by atoms with Gasteiger partial charge in [-0.15, -0.1) is 0 Å². The molecule has 1 saturated carbocycles. The lowest BCUT2D eigenvalue weighted by atomic mass is 9.83. The van der Waals surface area contributed by atoms with E-state index >= 15 is 0 Å². The molecule has 0 atom stereocenters. The van der Waals surface area contributed by atoms with Gasteiger partial charge in [0, 0.05) is 45.7 Å². The lowest BCUT2D eigenvalue weighted by molar-refractivity contribution is 0.141. The molecule has 0 aromatic carbocycles. The third kappa shape index (κ3) is 6.11. The van der Waals surface area contributed by atoms with Gasteiger partial charge in [0.1, 0.15) is 0 Å². The number of nitrogens with zero attached hydrogens (tertiary/aromatic N) is 2. The zero-order valence-electron chi connectivity index (χ0n) is 15.2. The normalized spacial score (nSPS) is 17.0. The van der Waals surface area contributed by atoms with Gasteiger partial charge in [-0.05, 0) is 49.7 Å². The Labute approximate surface area is 146 Å². The van der Waals surface area contributed by atoms with Gasteiger partial charge in [0.25, 0.3) is 0 Å². The molecule has 0 amide bonds. The zero-order valence-corrected chi connectivity index (χ0v) is 15.2. The first kappa shape index (κ1) is 18.7. The van der Waals surface area contributed by atoms with Crippen LogP contribution in [0.5, 0.6) is 0 Å². The molecule has 24 heavy (non-hydrogen) atoms. The quantitative estimate of drug-likeness (QED) is 0.539. The van der Waals surface area contributed by atoms with E-state index in [0.29, 0.717) is 5.41 Å². The van der Waals surface area contributed by atoms with Gasteiger partial charge in [0.2, 0.25) is 0 Å². The van der Waals surface area contributed by atoms with Crippen LogP contribution in [0.2, 0.25) is 0 Å². The Morgan fingerprint density at radius 1 is 1.33 bits per heavy atom. The molecule has 0 aliphatic heterocycles. The Balaban J connectivity index is 1.86. The monoisotopic (exact) mass is 332 g/mol. The Morgan fingerprint density at radius 3 is 2.83 bits per heavy atom. The van der Waals surface area contributed by atoms with Crippen molar-refractivity contribution in [1.29, 1.82) is 0 Å². The summed E-state index contributed by atoms with van der Waals surface area (Å²) in [6.07, 6.45) is 11.0. The van der Waals surface area contributed by atoms with Crippen molar-refractivity contribution in [3.05, 3.63) is 30.1 Å². The predicted octanol–water partition coefficient (Wildman–Crippen LogP) is 2.78. The summed E-state index contributed by atoms with van der Waals surface area (Å²) in [6.45, 7) is 5.57. The number of nitrogens with one attached hydrogen (secondary N) is 2. The molecule has 5 nitrogen and oxygen atoms in total. The van der Waals surface area contributed by atoms with Crippen LogP contribution in [0, 0.1) is 5.41 Å². The van der Waals surface area contributed by atoms with Crippen LogP contribution < -0.4 is 10.6 Å². The summed E-state index contributed by atoms with van der Waals surface area (Å²) in [4.78, 5) is 9.03. The van der Waals surface area contributed by atoms with E-state index < -0.39 is 0 Å². The van der Waals surface area contributed by atoms with Crippen LogP contribution in [0.15, 0.2) is 29.5 Å². The Kier molecular flexibility index (Phi) is 8.02. The second kappa shape index (κ2) is 10.3. The Hall–Kier alpha value is -1.62. The van der Waals surface area contributed by atoms with Crippen molar-refractivity contribution >= 4 is 5.96 Å². The van der Waals surface area contributed by atoms with E-state index in [1.807, 2.05) is 18.5 Å². The second-order valence-electron chi connectivity index (χ2n) is 6.68. The fourth-order valence-electron chi connectivity index (χ4n) is 3.39. The van der Waals surface area contributed by atoms with Gasteiger partial charge in [0.05, 0.1) is 0 Å². The molecule has 1 aromatic heterocycles. The van der Waals surface area contributed by atoms with Crippen LogP contribution in [0.1, 0.15) is 44.6 Å². The van der Waals surface area contributed by atoms with Crippen LogP contribution in [-0.2, 0) is 11.2 Å². The number of guanidine groups is 1. The number of hydrogen-bond donors (Lipinski definition) is 2. The third-order valence-electron chi connectivity index (χ3n) is 4.85. The van der Waals surface area contributed by atoms with Gasteiger partial charge >= 0.3 is 0 Å². The van der Waals surface area contributed by atoms with E-state index in [1.54, 1.807) is 7.11 Å². The van der Waals surface area contributed by atoms with Crippen molar-refractivity contribution in [3.8, 4) is 0 Å². The van der Waals surface area contributed by atoms with Crippen molar-refractivity contribution < 1.29 is 4.74 Å². The summed E-state index contributed by atoms with van der Waals surface area (Å²) < 4.78 is 5.31. The zero-order chi connectivity index (χ0) is 17.1. The van der Waals surface area contributed by atoms with Gasteiger partial charge in [-0.2, -0.15) is 0 Å². The first-order chi connectivity index (χ1) is 11.8. The summed E-state index contributed by atoms with van der Waals surface area (Å²) >= 11 is 0. The van der Waals surface area contributed by atoms with Crippen LogP contribution in [0.25, 0.3) is 0 Å². The van der Waals surface area contributed by atoms with Gasteiger partial charge in [-0.3, -0.25) is 9.98 Å². The van der Waals surface area contributed by atoms with Crippen LogP contribution in [0.4, 0.5) is 0 Å². The first-order valence-electron chi connectivity index (χ1n) is 9.18. The van der Waals surface area contributed by atoms with E-state index in [-0.39, 0.29) is 0 Å². The van der Waals surface area contributed by atoms with Crippen molar-refractivity contribution in [1.82, 2.24) is 15.6 Å². The predicted molar refractivity (Wildman–Crippen MR) is 99.3 cm³/mol. The first-order valence-corrected chi connectivity index (χ1v) is 9.18. The van der Waals surface area contributed by atoms with Gasteiger partial charge < -0.3 is 15.4 Å². The van der Waals surface area contributed by atoms with Crippen molar-refractivity contribution in [2.24, 2.45) is 10.4 Å². The molecule has 2 N–H and O–H groups in total. The molecule has 1 fully saturated rings. The highest BCUT2D eigenvalue weighted by Crippen LogP contribution is 2.41. The lowest BCUT2D eigenvalue weighted by Gasteiger charge is -2.27.